The van der Waals surface area contributed by atoms with Crippen LogP contribution in [0, 0.1) is 0 Å². The quantitative estimate of drug-likeness (QED) is 0.768. The number of aromatic nitrogens is 1. The van der Waals surface area contributed by atoms with E-state index in [4.69, 9.17) is 17.3 Å². The summed E-state index contributed by atoms with van der Waals surface area (Å²) in [5.74, 6) is 0. The van der Waals surface area contributed by atoms with Crippen LogP contribution in [0.1, 0.15) is 5.69 Å². The number of nitrogens with two attached hydrogens (primary N) is 1. The summed E-state index contributed by atoms with van der Waals surface area (Å²) in [5, 5.41) is 1.70. The second-order valence-corrected chi connectivity index (χ2v) is 5.81. The molecule has 0 aliphatic heterocycles. The van der Waals surface area contributed by atoms with E-state index in [-0.39, 0.29) is 0 Å². The highest BCUT2D eigenvalue weighted by Gasteiger charge is 2.12. The third-order valence-corrected chi connectivity index (χ3v) is 4.47. The molecule has 0 unspecified atom stereocenters. The van der Waals surface area contributed by atoms with E-state index in [1.54, 1.807) is 11.3 Å². The lowest BCUT2D eigenvalue weighted by Gasteiger charge is -1.98. The third kappa shape index (κ3) is 2.61. The SMILES string of the molecule is NCc1nc(-c2ccc(Cl)cc2)sc1-c1ccccc1. The molecule has 0 spiro atoms. The average molecular weight is 301 g/mol. The number of rotatable bonds is 3. The van der Waals surface area contributed by atoms with Crippen molar-refractivity contribution in [2.24, 2.45) is 5.73 Å². The zero-order valence-corrected chi connectivity index (χ0v) is 12.3. The van der Waals surface area contributed by atoms with Gasteiger partial charge in [0.05, 0.1) is 10.6 Å². The molecule has 2 nitrogen and oxygen atoms in total. The molecule has 0 aliphatic carbocycles. The van der Waals surface area contributed by atoms with Crippen LogP contribution in [-0.4, -0.2) is 4.98 Å². The van der Waals surface area contributed by atoms with E-state index in [1.807, 2.05) is 42.5 Å². The lowest BCUT2D eigenvalue weighted by molar-refractivity contribution is 1.02. The van der Waals surface area contributed by atoms with Gasteiger partial charge in [-0.1, -0.05) is 54.1 Å². The summed E-state index contributed by atoms with van der Waals surface area (Å²) >= 11 is 7.58. The molecule has 0 aliphatic rings. The van der Waals surface area contributed by atoms with Gasteiger partial charge in [-0.3, -0.25) is 0 Å². The minimum Gasteiger partial charge on any atom is -0.325 e. The van der Waals surface area contributed by atoms with Gasteiger partial charge in [0.1, 0.15) is 5.01 Å². The molecule has 0 atom stereocenters. The van der Waals surface area contributed by atoms with Crippen molar-refractivity contribution in [3.63, 3.8) is 0 Å². The number of nitrogens with zero attached hydrogens (tertiary/aromatic N) is 1. The van der Waals surface area contributed by atoms with Crippen molar-refractivity contribution < 1.29 is 0 Å². The monoisotopic (exact) mass is 300 g/mol. The average Bonchev–Trinajstić information content (AvgIpc) is 2.93. The van der Waals surface area contributed by atoms with Crippen LogP contribution >= 0.6 is 22.9 Å². The zero-order chi connectivity index (χ0) is 13.9. The van der Waals surface area contributed by atoms with Gasteiger partial charge in [-0.15, -0.1) is 11.3 Å². The summed E-state index contributed by atoms with van der Waals surface area (Å²) in [4.78, 5) is 5.79. The molecular weight excluding hydrogens is 288 g/mol. The Labute approximate surface area is 126 Å². The predicted molar refractivity (Wildman–Crippen MR) is 85.9 cm³/mol. The van der Waals surface area contributed by atoms with Crippen molar-refractivity contribution >= 4 is 22.9 Å². The van der Waals surface area contributed by atoms with Gasteiger partial charge in [0, 0.05) is 17.1 Å². The Morgan fingerprint density at radius 1 is 0.950 bits per heavy atom. The maximum atomic E-state index is 5.92. The summed E-state index contributed by atoms with van der Waals surface area (Å²) in [5.41, 5.74) is 8.99. The highest BCUT2D eigenvalue weighted by molar-refractivity contribution is 7.18. The van der Waals surface area contributed by atoms with Crippen LogP contribution in [0.15, 0.2) is 54.6 Å². The standard InChI is InChI=1S/C16H13ClN2S/c17-13-8-6-12(7-9-13)16-19-14(10-18)15(20-16)11-4-2-1-3-5-11/h1-9H,10,18H2. The maximum absolute atomic E-state index is 5.92. The van der Waals surface area contributed by atoms with Gasteiger partial charge in [0.25, 0.3) is 0 Å². The lowest BCUT2D eigenvalue weighted by atomic mass is 10.1. The molecule has 1 aromatic heterocycles. The fourth-order valence-electron chi connectivity index (χ4n) is 2.02. The van der Waals surface area contributed by atoms with Crippen LogP contribution in [0.5, 0.6) is 0 Å². The molecule has 0 radical (unpaired) electrons. The number of halogens is 1. The van der Waals surface area contributed by atoms with Crippen molar-refractivity contribution in [1.29, 1.82) is 0 Å². The predicted octanol–water partition coefficient (Wildman–Crippen LogP) is 4.59. The first-order valence-electron chi connectivity index (χ1n) is 6.29. The van der Waals surface area contributed by atoms with Crippen molar-refractivity contribution in [3.8, 4) is 21.0 Å². The molecule has 0 bridgehead atoms. The second-order valence-electron chi connectivity index (χ2n) is 4.37. The fraction of sp³-hybridized carbons (Fsp3) is 0.0625. The van der Waals surface area contributed by atoms with Gasteiger partial charge in [-0.25, -0.2) is 4.98 Å². The van der Waals surface area contributed by atoms with E-state index in [2.05, 4.69) is 17.1 Å². The Morgan fingerprint density at radius 3 is 2.30 bits per heavy atom. The molecule has 0 saturated carbocycles. The molecule has 2 aromatic carbocycles. The molecule has 100 valence electrons. The number of hydrogen-bond donors (Lipinski definition) is 1. The van der Waals surface area contributed by atoms with Crippen LogP contribution in [-0.2, 0) is 6.54 Å². The normalized spacial score (nSPS) is 10.7. The number of thiazole rings is 1. The molecule has 0 saturated heterocycles. The van der Waals surface area contributed by atoms with Crippen LogP contribution in [0.2, 0.25) is 5.02 Å². The molecule has 4 heteroatoms. The van der Waals surface area contributed by atoms with E-state index in [1.165, 1.54) is 0 Å². The van der Waals surface area contributed by atoms with Gasteiger partial charge in [-0.2, -0.15) is 0 Å². The Bertz CT molecular complexity index is 705. The van der Waals surface area contributed by atoms with Crippen LogP contribution in [0.25, 0.3) is 21.0 Å². The highest BCUT2D eigenvalue weighted by Crippen LogP contribution is 2.35. The molecule has 1 heterocycles. The minimum atomic E-state index is 0.439. The van der Waals surface area contributed by atoms with Crippen molar-refractivity contribution in [3.05, 3.63) is 65.3 Å². The summed E-state index contributed by atoms with van der Waals surface area (Å²) in [6.07, 6.45) is 0. The van der Waals surface area contributed by atoms with Crippen LogP contribution < -0.4 is 5.73 Å². The highest BCUT2D eigenvalue weighted by atomic mass is 35.5. The Morgan fingerprint density at radius 2 is 1.65 bits per heavy atom. The number of benzene rings is 2. The smallest absolute Gasteiger partial charge is 0.124 e. The van der Waals surface area contributed by atoms with Crippen LogP contribution in [0.3, 0.4) is 0 Å². The summed E-state index contributed by atoms with van der Waals surface area (Å²) in [7, 11) is 0. The van der Waals surface area contributed by atoms with Gasteiger partial charge >= 0.3 is 0 Å². The Hall–Kier alpha value is -1.68. The topological polar surface area (TPSA) is 38.9 Å². The largest absolute Gasteiger partial charge is 0.325 e. The lowest BCUT2D eigenvalue weighted by Crippen LogP contribution is -1.98. The minimum absolute atomic E-state index is 0.439. The summed E-state index contributed by atoms with van der Waals surface area (Å²) < 4.78 is 0. The number of hydrogen-bond acceptors (Lipinski definition) is 3. The van der Waals surface area contributed by atoms with E-state index in [0.717, 1.165) is 31.7 Å². The Balaban J connectivity index is 2.07. The van der Waals surface area contributed by atoms with Gasteiger partial charge in [0.2, 0.25) is 0 Å². The van der Waals surface area contributed by atoms with E-state index in [0.29, 0.717) is 6.54 Å². The molecular formula is C16H13ClN2S. The van der Waals surface area contributed by atoms with E-state index < -0.39 is 0 Å². The second kappa shape index (κ2) is 5.75. The van der Waals surface area contributed by atoms with E-state index >= 15 is 0 Å². The van der Waals surface area contributed by atoms with Crippen LogP contribution in [0.4, 0.5) is 0 Å². The molecule has 3 rings (SSSR count). The van der Waals surface area contributed by atoms with Crippen molar-refractivity contribution in [2.75, 3.05) is 0 Å². The first kappa shape index (κ1) is 13.3. The molecule has 20 heavy (non-hydrogen) atoms. The molecule has 0 fully saturated rings. The van der Waals surface area contributed by atoms with Gasteiger partial charge in [-0.05, 0) is 17.7 Å². The Kier molecular flexibility index (Phi) is 3.83. The first-order chi connectivity index (χ1) is 9.78. The van der Waals surface area contributed by atoms with Gasteiger partial charge < -0.3 is 5.73 Å². The molecule has 2 N–H and O–H groups in total. The summed E-state index contributed by atoms with van der Waals surface area (Å²) in [6.45, 7) is 0.439. The molecule has 3 aromatic rings. The summed E-state index contributed by atoms with van der Waals surface area (Å²) in [6, 6.07) is 17.9. The fourth-order valence-corrected chi connectivity index (χ4v) is 3.25. The first-order valence-corrected chi connectivity index (χ1v) is 7.48. The van der Waals surface area contributed by atoms with Crippen molar-refractivity contribution in [2.45, 2.75) is 6.54 Å². The molecule has 0 amide bonds. The van der Waals surface area contributed by atoms with Crippen molar-refractivity contribution in [1.82, 2.24) is 4.98 Å². The maximum Gasteiger partial charge on any atom is 0.124 e. The zero-order valence-electron chi connectivity index (χ0n) is 10.7. The third-order valence-electron chi connectivity index (χ3n) is 3.02. The van der Waals surface area contributed by atoms with E-state index in [9.17, 15) is 0 Å². The van der Waals surface area contributed by atoms with Gasteiger partial charge in [0.15, 0.2) is 0 Å².